The van der Waals surface area contributed by atoms with Crippen LogP contribution in [0.5, 0.6) is 0 Å². The van der Waals surface area contributed by atoms with E-state index in [0.717, 1.165) is 45.2 Å². The summed E-state index contributed by atoms with van der Waals surface area (Å²) in [5.74, 6) is 0.973. The topological polar surface area (TPSA) is 60.0 Å². The molecular formula is C18H30IN5O. The molecular weight excluding hydrogens is 429 g/mol. The number of amides is 1. The van der Waals surface area contributed by atoms with Crippen LogP contribution in [0.15, 0.2) is 35.3 Å². The summed E-state index contributed by atoms with van der Waals surface area (Å²) in [6, 6.07) is 10.4. The second-order valence-electron chi connectivity index (χ2n) is 5.74. The molecule has 140 valence electrons. The molecule has 0 unspecified atom stereocenters. The molecule has 7 heteroatoms. The van der Waals surface area contributed by atoms with Gasteiger partial charge in [-0.05, 0) is 26.0 Å². The fraction of sp³-hybridized carbons (Fsp3) is 0.556. The van der Waals surface area contributed by atoms with Crippen molar-refractivity contribution in [2.75, 3.05) is 50.7 Å². The van der Waals surface area contributed by atoms with Crippen LogP contribution < -0.4 is 15.5 Å². The van der Waals surface area contributed by atoms with E-state index in [0.29, 0.717) is 13.0 Å². The molecule has 0 atom stereocenters. The van der Waals surface area contributed by atoms with Crippen LogP contribution in [0.25, 0.3) is 0 Å². The highest BCUT2D eigenvalue weighted by atomic mass is 127. The van der Waals surface area contributed by atoms with Gasteiger partial charge in [-0.3, -0.25) is 9.79 Å². The lowest BCUT2D eigenvalue weighted by molar-refractivity contribution is -0.131. The third kappa shape index (κ3) is 7.09. The smallest absolute Gasteiger partial charge is 0.224 e. The van der Waals surface area contributed by atoms with Crippen LogP contribution in [0.1, 0.15) is 20.3 Å². The van der Waals surface area contributed by atoms with Crippen molar-refractivity contribution < 1.29 is 4.79 Å². The van der Waals surface area contributed by atoms with Gasteiger partial charge in [-0.1, -0.05) is 18.2 Å². The maximum absolute atomic E-state index is 12.3. The second-order valence-corrected chi connectivity index (χ2v) is 5.74. The predicted octanol–water partition coefficient (Wildman–Crippen LogP) is 1.92. The molecule has 1 amide bonds. The maximum Gasteiger partial charge on any atom is 0.224 e. The summed E-state index contributed by atoms with van der Waals surface area (Å²) in [5.41, 5.74) is 1.23. The fourth-order valence-electron chi connectivity index (χ4n) is 2.78. The molecule has 0 spiro atoms. The van der Waals surface area contributed by atoms with E-state index in [-0.39, 0.29) is 29.9 Å². The van der Waals surface area contributed by atoms with E-state index in [9.17, 15) is 4.79 Å². The number of halogens is 1. The number of hydrogen-bond donors (Lipinski definition) is 2. The summed E-state index contributed by atoms with van der Waals surface area (Å²) < 4.78 is 0. The highest BCUT2D eigenvalue weighted by molar-refractivity contribution is 14.0. The van der Waals surface area contributed by atoms with Crippen molar-refractivity contribution >= 4 is 41.5 Å². The highest BCUT2D eigenvalue weighted by Gasteiger charge is 2.20. The minimum atomic E-state index is 0. The molecule has 0 aliphatic carbocycles. The Morgan fingerprint density at radius 3 is 2.20 bits per heavy atom. The average Bonchev–Trinajstić information content (AvgIpc) is 2.63. The zero-order valence-corrected chi connectivity index (χ0v) is 17.5. The lowest BCUT2D eigenvalue weighted by atomic mass is 10.2. The fourth-order valence-corrected chi connectivity index (χ4v) is 2.78. The quantitative estimate of drug-likeness (QED) is 0.388. The first kappa shape index (κ1) is 21.5. The van der Waals surface area contributed by atoms with Crippen LogP contribution >= 0.6 is 24.0 Å². The summed E-state index contributed by atoms with van der Waals surface area (Å²) in [4.78, 5) is 21.1. The van der Waals surface area contributed by atoms with Gasteiger partial charge in [-0.25, -0.2) is 0 Å². The molecule has 1 saturated heterocycles. The standard InChI is InChI=1S/C18H29N5O.HI/c1-3-19-18(20-4-2)21-11-10-17(24)23-14-12-22(13-15-23)16-8-6-5-7-9-16;/h5-9H,3-4,10-15H2,1-2H3,(H2,19,20,21);1H. The molecule has 1 aliphatic heterocycles. The number of hydrogen-bond acceptors (Lipinski definition) is 3. The number of aliphatic imine (C=N–C) groups is 1. The van der Waals surface area contributed by atoms with E-state index in [2.05, 4.69) is 44.8 Å². The number of carbonyl (C=O) groups is 1. The first-order valence-corrected chi connectivity index (χ1v) is 8.84. The number of nitrogens with zero attached hydrogens (tertiary/aromatic N) is 3. The Morgan fingerprint density at radius 1 is 1.04 bits per heavy atom. The lowest BCUT2D eigenvalue weighted by Crippen LogP contribution is -2.49. The Kier molecular flexibility index (Phi) is 10.3. The van der Waals surface area contributed by atoms with E-state index in [1.165, 1.54) is 5.69 Å². The number of carbonyl (C=O) groups excluding carboxylic acids is 1. The molecule has 0 saturated carbocycles. The van der Waals surface area contributed by atoms with Crippen LogP contribution in [-0.2, 0) is 4.79 Å². The molecule has 0 aromatic heterocycles. The van der Waals surface area contributed by atoms with E-state index in [4.69, 9.17) is 0 Å². The third-order valence-electron chi connectivity index (χ3n) is 4.04. The van der Waals surface area contributed by atoms with E-state index in [1.807, 2.05) is 24.8 Å². The van der Waals surface area contributed by atoms with Gasteiger partial charge in [0.1, 0.15) is 0 Å². The van der Waals surface area contributed by atoms with Gasteiger partial charge in [-0.15, -0.1) is 24.0 Å². The Balaban J connectivity index is 0.00000312. The molecule has 1 aliphatic rings. The third-order valence-corrected chi connectivity index (χ3v) is 4.04. The summed E-state index contributed by atoms with van der Waals surface area (Å²) in [6.45, 7) is 9.57. The van der Waals surface area contributed by atoms with Crippen molar-refractivity contribution in [3.05, 3.63) is 30.3 Å². The maximum atomic E-state index is 12.3. The van der Waals surface area contributed by atoms with Crippen molar-refractivity contribution in [1.29, 1.82) is 0 Å². The monoisotopic (exact) mass is 459 g/mol. The molecule has 0 radical (unpaired) electrons. The van der Waals surface area contributed by atoms with Gasteiger partial charge in [0.15, 0.2) is 5.96 Å². The van der Waals surface area contributed by atoms with Crippen LogP contribution in [0.2, 0.25) is 0 Å². The Hall–Kier alpha value is -1.51. The van der Waals surface area contributed by atoms with Gasteiger partial charge in [0.05, 0.1) is 6.54 Å². The molecule has 1 aromatic rings. The Bertz CT molecular complexity index is 522. The molecule has 2 N–H and O–H groups in total. The zero-order valence-electron chi connectivity index (χ0n) is 15.2. The van der Waals surface area contributed by atoms with Crippen molar-refractivity contribution in [2.24, 2.45) is 4.99 Å². The van der Waals surface area contributed by atoms with Gasteiger partial charge in [0, 0.05) is 51.4 Å². The summed E-state index contributed by atoms with van der Waals surface area (Å²) >= 11 is 0. The first-order chi connectivity index (χ1) is 11.7. The SMILES string of the molecule is CCNC(=NCCC(=O)N1CCN(c2ccccc2)CC1)NCC.I. The predicted molar refractivity (Wildman–Crippen MR) is 115 cm³/mol. The molecule has 0 bridgehead atoms. The number of piperazine rings is 1. The van der Waals surface area contributed by atoms with Gasteiger partial charge in [0.2, 0.25) is 5.91 Å². The number of rotatable bonds is 6. The lowest BCUT2D eigenvalue weighted by Gasteiger charge is -2.36. The Morgan fingerprint density at radius 2 is 1.64 bits per heavy atom. The summed E-state index contributed by atoms with van der Waals surface area (Å²) in [5, 5.41) is 6.34. The van der Waals surface area contributed by atoms with Crippen LogP contribution in [-0.4, -0.2) is 62.6 Å². The van der Waals surface area contributed by atoms with E-state index in [1.54, 1.807) is 0 Å². The van der Waals surface area contributed by atoms with Crippen molar-refractivity contribution in [2.45, 2.75) is 20.3 Å². The molecule has 1 heterocycles. The minimum absolute atomic E-state index is 0. The van der Waals surface area contributed by atoms with Crippen LogP contribution in [0, 0.1) is 0 Å². The van der Waals surface area contributed by atoms with Crippen molar-refractivity contribution in [1.82, 2.24) is 15.5 Å². The highest BCUT2D eigenvalue weighted by Crippen LogP contribution is 2.15. The second kappa shape index (κ2) is 11.9. The zero-order chi connectivity index (χ0) is 17.2. The summed E-state index contributed by atoms with van der Waals surface area (Å²) in [6.07, 6.45) is 0.464. The van der Waals surface area contributed by atoms with Gasteiger partial charge in [0.25, 0.3) is 0 Å². The van der Waals surface area contributed by atoms with Gasteiger partial charge >= 0.3 is 0 Å². The van der Waals surface area contributed by atoms with Crippen molar-refractivity contribution in [3.63, 3.8) is 0 Å². The normalized spacial score (nSPS) is 13.7. The van der Waals surface area contributed by atoms with Gasteiger partial charge < -0.3 is 20.4 Å². The Labute approximate surface area is 168 Å². The van der Waals surface area contributed by atoms with Crippen molar-refractivity contribution in [3.8, 4) is 0 Å². The van der Waals surface area contributed by atoms with Crippen LogP contribution in [0.3, 0.4) is 0 Å². The molecule has 25 heavy (non-hydrogen) atoms. The number of guanidine groups is 1. The molecule has 6 nitrogen and oxygen atoms in total. The average molecular weight is 459 g/mol. The largest absolute Gasteiger partial charge is 0.368 e. The van der Waals surface area contributed by atoms with E-state index >= 15 is 0 Å². The molecule has 1 aromatic carbocycles. The molecule has 1 fully saturated rings. The minimum Gasteiger partial charge on any atom is -0.368 e. The first-order valence-electron chi connectivity index (χ1n) is 8.84. The van der Waals surface area contributed by atoms with Crippen LogP contribution in [0.4, 0.5) is 5.69 Å². The summed E-state index contributed by atoms with van der Waals surface area (Å²) in [7, 11) is 0. The van der Waals surface area contributed by atoms with E-state index < -0.39 is 0 Å². The number of nitrogens with one attached hydrogen (secondary N) is 2. The number of anilines is 1. The number of para-hydroxylation sites is 1. The van der Waals surface area contributed by atoms with Gasteiger partial charge in [-0.2, -0.15) is 0 Å². The number of benzene rings is 1. The molecule has 2 rings (SSSR count).